The van der Waals surface area contributed by atoms with Gasteiger partial charge in [-0.15, -0.1) is 0 Å². The van der Waals surface area contributed by atoms with Crippen molar-refractivity contribution in [3.63, 3.8) is 0 Å². The Hall–Kier alpha value is -3.68. The molecule has 2 aromatic rings. The van der Waals surface area contributed by atoms with Crippen LogP contribution in [-0.4, -0.2) is 51.2 Å². The topological polar surface area (TPSA) is 86.3 Å². The fraction of sp³-hybridized carbons (Fsp3) is 0.360. The Bertz CT molecular complexity index is 1030. The smallest absolute Gasteiger partial charge is 0.278 e. The maximum Gasteiger partial charge on any atom is 0.278 e. The Kier molecular flexibility index (Phi) is 7.48. The molecule has 0 fully saturated rings. The number of rotatable bonds is 10. The molecular weight excluding hydrogens is 424 g/mol. The number of methoxy groups -OCH3 is 3. The van der Waals surface area contributed by atoms with Gasteiger partial charge in [0.25, 0.3) is 11.8 Å². The molecule has 1 N–H and O–H groups in total. The lowest BCUT2D eigenvalue weighted by atomic mass is 10.0. The number of nitrogens with one attached hydrogen (secondary N) is 1. The van der Waals surface area contributed by atoms with Crippen LogP contribution in [0, 0.1) is 5.92 Å². The van der Waals surface area contributed by atoms with E-state index in [1.165, 1.54) is 26.2 Å². The molecule has 2 amide bonds. The summed E-state index contributed by atoms with van der Waals surface area (Å²) < 4.78 is 21.7. The van der Waals surface area contributed by atoms with Crippen LogP contribution >= 0.6 is 0 Å². The second kappa shape index (κ2) is 10.3. The highest BCUT2D eigenvalue weighted by Gasteiger charge is 2.39. The van der Waals surface area contributed by atoms with Gasteiger partial charge in [-0.25, -0.2) is 0 Å². The zero-order chi connectivity index (χ0) is 24.1. The van der Waals surface area contributed by atoms with Crippen LogP contribution in [0.5, 0.6) is 23.0 Å². The number of ether oxygens (including phenoxy) is 4. The molecule has 0 spiro atoms. The van der Waals surface area contributed by atoms with Crippen LogP contribution in [0.25, 0.3) is 5.57 Å². The van der Waals surface area contributed by atoms with Crippen molar-refractivity contribution in [1.29, 1.82) is 0 Å². The number of imide groups is 1. The molecular formula is C25H30N2O6. The third-order valence-corrected chi connectivity index (χ3v) is 5.10. The van der Waals surface area contributed by atoms with Crippen LogP contribution in [0.4, 0.5) is 5.69 Å². The molecule has 1 heterocycles. The van der Waals surface area contributed by atoms with Crippen molar-refractivity contribution in [2.75, 3.05) is 39.8 Å². The first-order valence-electron chi connectivity index (χ1n) is 10.7. The van der Waals surface area contributed by atoms with Gasteiger partial charge in [0.15, 0.2) is 11.5 Å². The average Bonchev–Trinajstić information content (AvgIpc) is 3.03. The lowest BCUT2D eigenvalue weighted by Crippen LogP contribution is -2.35. The number of carbonyl (C=O) groups is 2. The van der Waals surface area contributed by atoms with Crippen LogP contribution in [0.3, 0.4) is 0 Å². The number of amides is 2. The summed E-state index contributed by atoms with van der Waals surface area (Å²) in [5.41, 5.74) is 1.64. The quantitative estimate of drug-likeness (QED) is 0.544. The highest BCUT2D eigenvalue weighted by Crippen LogP contribution is 2.41. The second-order valence-electron chi connectivity index (χ2n) is 7.86. The van der Waals surface area contributed by atoms with Gasteiger partial charge in [-0.2, -0.15) is 0 Å². The fourth-order valence-corrected chi connectivity index (χ4v) is 3.67. The normalized spacial score (nSPS) is 13.6. The van der Waals surface area contributed by atoms with Gasteiger partial charge in [-0.05, 0) is 30.5 Å². The number of carbonyl (C=O) groups excluding carboxylic acids is 2. The molecule has 33 heavy (non-hydrogen) atoms. The molecule has 0 radical (unpaired) electrons. The molecule has 176 valence electrons. The lowest BCUT2D eigenvalue weighted by Gasteiger charge is -2.18. The summed E-state index contributed by atoms with van der Waals surface area (Å²) in [4.78, 5) is 27.9. The van der Waals surface area contributed by atoms with Gasteiger partial charge in [-0.1, -0.05) is 26.0 Å². The maximum atomic E-state index is 13.3. The van der Waals surface area contributed by atoms with Gasteiger partial charge >= 0.3 is 0 Å². The van der Waals surface area contributed by atoms with E-state index >= 15 is 0 Å². The molecule has 3 rings (SSSR count). The molecule has 0 aromatic heterocycles. The van der Waals surface area contributed by atoms with Gasteiger partial charge in [0.05, 0.1) is 33.5 Å². The molecule has 0 bridgehead atoms. The van der Waals surface area contributed by atoms with E-state index in [1.54, 1.807) is 36.4 Å². The Morgan fingerprint density at radius 2 is 1.52 bits per heavy atom. The minimum atomic E-state index is -0.383. The molecule has 0 saturated heterocycles. The SMILES string of the molecule is CCOc1ccc(C2=C(Nc3cc(OC)c(OC)c(OC)c3)C(=O)N(CC(C)C)C2=O)cc1. The third kappa shape index (κ3) is 4.89. The Balaban J connectivity index is 2.09. The van der Waals surface area contributed by atoms with Gasteiger partial charge in [0, 0.05) is 24.4 Å². The molecule has 1 aliphatic heterocycles. The first-order chi connectivity index (χ1) is 15.8. The summed E-state index contributed by atoms with van der Waals surface area (Å²) in [6, 6.07) is 10.5. The van der Waals surface area contributed by atoms with Crippen molar-refractivity contribution < 1.29 is 28.5 Å². The average molecular weight is 455 g/mol. The number of anilines is 1. The van der Waals surface area contributed by atoms with E-state index in [1.807, 2.05) is 20.8 Å². The Morgan fingerprint density at radius 3 is 2.00 bits per heavy atom. The van der Waals surface area contributed by atoms with Crippen LogP contribution in [0.1, 0.15) is 26.3 Å². The number of hydrogen-bond acceptors (Lipinski definition) is 7. The van der Waals surface area contributed by atoms with Crippen molar-refractivity contribution in [3.05, 3.63) is 47.7 Å². The van der Waals surface area contributed by atoms with E-state index in [9.17, 15) is 9.59 Å². The van der Waals surface area contributed by atoms with Gasteiger partial charge in [-0.3, -0.25) is 14.5 Å². The zero-order valence-electron chi connectivity index (χ0n) is 19.9. The van der Waals surface area contributed by atoms with Crippen LogP contribution in [0.15, 0.2) is 42.1 Å². The zero-order valence-corrected chi connectivity index (χ0v) is 19.9. The van der Waals surface area contributed by atoms with Crippen molar-refractivity contribution >= 4 is 23.1 Å². The predicted octanol–water partition coefficient (Wildman–Crippen LogP) is 3.96. The molecule has 1 aliphatic rings. The number of nitrogens with zero attached hydrogens (tertiary/aromatic N) is 1. The van der Waals surface area contributed by atoms with Crippen molar-refractivity contribution in [1.82, 2.24) is 4.90 Å². The molecule has 0 unspecified atom stereocenters. The van der Waals surface area contributed by atoms with Gasteiger partial charge < -0.3 is 24.3 Å². The highest BCUT2D eigenvalue weighted by molar-refractivity contribution is 6.36. The van der Waals surface area contributed by atoms with Gasteiger partial charge in [0.1, 0.15) is 11.4 Å². The van der Waals surface area contributed by atoms with E-state index in [0.717, 1.165) is 0 Å². The van der Waals surface area contributed by atoms with E-state index in [4.69, 9.17) is 18.9 Å². The first-order valence-corrected chi connectivity index (χ1v) is 10.7. The second-order valence-corrected chi connectivity index (χ2v) is 7.86. The standard InChI is InChI=1S/C25H30N2O6/c1-7-33-18-10-8-16(9-11-18)21-22(25(29)27(24(21)28)14-15(2)3)26-17-12-19(30-4)23(32-6)20(13-17)31-5/h8-13,15,26H,7,14H2,1-6H3. The van der Waals surface area contributed by atoms with E-state index < -0.39 is 0 Å². The summed E-state index contributed by atoms with van der Waals surface area (Å²) in [6.45, 7) is 6.68. The summed E-state index contributed by atoms with van der Waals surface area (Å²) in [5, 5.41) is 3.13. The molecule has 2 aromatic carbocycles. The van der Waals surface area contributed by atoms with Crippen LogP contribution < -0.4 is 24.3 Å². The highest BCUT2D eigenvalue weighted by atomic mass is 16.5. The molecule has 8 heteroatoms. The molecule has 0 aliphatic carbocycles. The minimum absolute atomic E-state index is 0.125. The maximum absolute atomic E-state index is 13.3. The largest absolute Gasteiger partial charge is 0.494 e. The summed E-state index contributed by atoms with van der Waals surface area (Å²) in [6.07, 6.45) is 0. The van der Waals surface area contributed by atoms with Crippen molar-refractivity contribution in [2.45, 2.75) is 20.8 Å². The summed E-state index contributed by atoms with van der Waals surface area (Å²) >= 11 is 0. The van der Waals surface area contributed by atoms with E-state index in [-0.39, 0.29) is 23.4 Å². The van der Waals surface area contributed by atoms with Crippen molar-refractivity contribution in [2.24, 2.45) is 5.92 Å². The van der Waals surface area contributed by atoms with Crippen molar-refractivity contribution in [3.8, 4) is 23.0 Å². The molecule has 0 atom stereocenters. The van der Waals surface area contributed by atoms with Crippen LogP contribution in [-0.2, 0) is 9.59 Å². The minimum Gasteiger partial charge on any atom is -0.494 e. The lowest BCUT2D eigenvalue weighted by molar-refractivity contribution is -0.137. The molecule has 8 nitrogen and oxygen atoms in total. The Labute approximate surface area is 194 Å². The summed E-state index contributed by atoms with van der Waals surface area (Å²) in [5.74, 6) is 1.38. The fourth-order valence-electron chi connectivity index (χ4n) is 3.67. The van der Waals surface area contributed by atoms with Gasteiger partial charge in [0.2, 0.25) is 5.75 Å². The Morgan fingerprint density at radius 1 is 0.909 bits per heavy atom. The number of benzene rings is 2. The van der Waals surface area contributed by atoms with E-state index in [2.05, 4.69) is 5.32 Å². The summed E-state index contributed by atoms with van der Waals surface area (Å²) in [7, 11) is 4.55. The van der Waals surface area contributed by atoms with Crippen LogP contribution in [0.2, 0.25) is 0 Å². The predicted molar refractivity (Wildman–Crippen MR) is 126 cm³/mol. The monoisotopic (exact) mass is 454 g/mol. The van der Waals surface area contributed by atoms with E-state index in [0.29, 0.717) is 53.0 Å². The third-order valence-electron chi connectivity index (χ3n) is 5.10. The number of hydrogen-bond donors (Lipinski definition) is 1. The first kappa shape index (κ1) is 24.0. The molecule has 0 saturated carbocycles.